The molecule has 2 fully saturated rings. The first-order valence-electron chi connectivity index (χ1n) is 6.93. The zero-order chi connectivity index (χ0) is 11.8. The zero-order valence-corrected chi connectivity index (χ0v) is 11.3. The second-order valence-electron chi connectivity index (χ2n) is 5.64. The summed E-state index contributed by atoms with van der Waals surface area (Å²) >= 11 is 5.36. The van der Waals surface area contributed by atoms with Gasteiger partial charge in [0.15, 0.2) is 4.77 Å². The summed E-state index contributed by atoms with van der Waals surface area (Å²) in [7, 11) is 0. The SMILES string of the molecule is CCCc1n[nH]c(=S)n1CC(C1CC1)C1CC1. The molecule has 0 amide bonds. The Labute approximate surface area is 108 Å². The van der Waals surface area contributed by atoms with Crippen LogP contribution in [0.4, 0.5) is 0 Å². The van der Waals surface area contributed by atoms with Crippen molar-refractivity contribution in [1.29, 1.82) is 0 Å². The van der Waals surface area contributed by atoms with E-state index in [9.17, 15) is 0 Å². The van der Waals surface area contributed by atoms with Gasteiger partial charge in [0.05, 0.1) is 0 Å². The molecule has 0 spiro atoms. The summed E-state index contributed by atoms with van der Waals surface area (Å²) in [6, 6.07) is 0. The van der Waals surface area contributed by atoms with Crippen LogP contribution in [0.1, 0.15) is 44.9 Å². The molecule has 3 nitrogen and oxygen atoms in total. The van der Waals surface area contributed by atoms with Crippen LogP contribution in [0.2, 0.25) is 0 Å². The lowest BCUT2D eigenvalue weighted by molar-refractivity contribution is 0.342. The molecular weight excluding hydrogens is 230 g/mol. The molecule has 0 radical (unpaired) electrons. The quantitative estimate of drug-likeness (QED) is 0.787. The largest absolute Gasteiger partial charge is 0.304 e. The minimum atomic E-state index is 0.819. The molecule has 3 rings (SSSR count). The van der Waals surface area contributed by atoms with Crippen LogP contribution >= 0.6 is 12.2 Å². The second kappa shape index (κ2) is 4.56. The van der Waals surface area contributed by atoms with E-state index in [1.54, 1.807) is 0 Å². The highest BCUT2D eigenvalue weighted by molar-refractivity contribution is 7.71. The van der Waals surface area contributed by atoms with E-state index in [2.05, 4.69) is 21.7 Å². The molecule has 0 saturated heterocycles. The number of aryl methyl sites for hydroxylation is 1. The highest BCUT2D eigenvalue weighted by atomic mass is 32.1. The van der Waals surface area contributed by atoms with Crippen molar-refractivity contribution in [3.63, 3.8) is 0 Å². The monoisotopic (exact) mass is 251 g/mol. The summed E-state index contributed by atoms with van der Waals surface area (Å²) in [5.74, 6) is 3.99. The molecule has 0 unspecified atom stereocenters. The Morgan fingerprint density at radius 3 is 2.53 bits per heavy atom. The van der Waals surface area contributed by atoms with E-state index in [-0.39, 0.29) is 0 Å². The fourth-order valence-corrected chi connectivity index (χ4v) is 3.12. The van der Waals surface area contributed by atoms with Crippen molar-refractivity contribution in [1.82, 2.24) is 14.8 Å². The van der Waals surface area contributed by atoms with Gasteiger partial charge in [-0.2, -0.15) is 5.10 Å². The van der Waals surface area contributed by atoms with E-state index in [1.807, 2.05) is 0 Å². The van der Waals surface area contributed by atoms with Crippen molar-refractivity contribution in [2.24, 2.45) is 17.8 Å². The van der Waals surface area contributed by atoms with E-state index >= 15 is 0 Å². The molecule has 1 aromatic heterocycles. The lowest BCUT2D eigenvalue weighted by atomic mass is 9.98. The van der Waals surface area contributed by atoms with Gasteiger partial charge in [-0.1, -0.05) is 6.92 Å². The molecule has 0 aliphatic heterocycles. The molecule has 94 valence electrons. The second-order valence-corrected chi connectivity index (χ2v) is 6.03. The summed E-state index contributed by atoms with van der Waals surface area (Å²) in [4.78, 5) is 0. The number of aromatic nitrogens is 3. The maximum atomic E-state index is 5.36. The van der Waals surface area contributed by atoms with Crippen molar-refractivity contribution in [3.8, 4) is 0 Å². The molecule has 4 heteroatoms. The zero-order valence-electron chi connectivity index (χ0n) is 10.5. The first-order chi connectivity index (χ1) is 8.29. The molecule has 2 saturated carbocycles. The van der Waals surface area contributed by atoms with E-state index in [0.717, 1.165) is 47.7 Å². The summed E-state index contributed by atoms with van der Waals surface area (Å²) in [6.07, 6.45) is 7.93. The average Bonchev–Trinajstić information content (AvgIpc) is 3.20. The predicted octanol–water partition coefficient (Wildman–Crippen LogP) is 3.33. The molecule has 0 bridgehead atoms. The Morgan fingerprint density at radius 2 is 2.00 bits per heavy atom. The smallest absolute Gasteiger partial charge is 0.195 e. The molecule has 1 aromatic rings. The Bertz CT molecular complexity index is 428. The standard InChI is InChI=1S/C13H21N3S/c1-2-3-12-14-15-13(17)16(12)8-11(9-4-5-9)10-6-7-10/h9-11H,2-8H2,1H3,(H,15,17). The van der Waals surface area contributed by atoms with Crippen LogP contribution in [0.25, 0.3) is 0 Å². The van der Waals surface area contributed by atoms with Gasteiger partial charge in [-0.15, -0.1) is 0 Å². The highest BCUT2D eigenvalue weighted by Crippen LogP contribution is 2.49. The number of hydrogen-bond donors (Lipinski definition) is 1. The van der Waals surface area contributed by atoms with Crippen LogP contribution in [0.3, 0.4) is 0 Å². The van der Waals surface area contributed by atoms with Crippen molar-refractivity contribution >= 4 is 12.2 Å². The van der Waals surface area contributed by atoms with E-state index in [0.29, 0.717) is 0 Å². The van der Waals surface area contributed by atoms with Crippen LogP contribution < -0.4 is 0 Å². The minimum absolute atomic E-state index is 0.819. The van der Waals surface area contributed by atoms with Crippen LogP contribution in [-0.2, 0) is 13.0 Å². The third-order valence-electron chi connectivity index (χ3n) is 4.16. The van der Waals surface area contributed by atoms with Gasteiger partial charge in [-0.3, -0.25) is 5.10 Å². The Hall–Kier alpha value is -0.640. The maximum Gasteiger partial charge on any atom is 0.195 e. The van der Waals surface area contributed by atoms with Gasteiger partial charge in [0.2, 0.25) is 0 Å². The molecule has 0 atom stereocenters. The fraction of sp³-hybridized carbons (Fsp3) is 0.846. The lowest BCUT2D eigenvalue weighted by Gasteiger charge is -2.17. The summed E-state index contributed by atoms with van der Waals surface area (Å²) in [5, 5.41) is 7.33. The van der Waals surface area contributed by atoms with Crippen molar-refractivity contribution in [3.05, 3.63) is 10.6 Å². The topological polar surface area (TPSA) is 33.6 Å². The normalized spacial score (nSPS) is 20.1. The van der Waals surface area contributed by atoms with Gasteiger partial charge in [-0.05, 0) is 62.1 Å². The van der Waals surface area contributed by atoms with Crippen molar-refractivity contribution < 1.29 is 0 Å². The van der Waals surface area contributed by atoms with Crippen LogP contribution in [0, 0.1) is 22.5 Å². The predicted molar refractivity (Wildman–Crippen MR) is 70.3 cm³/mol. The van der Waals surface area contributed by atoms with Crippen molar-refractivity contribution in [2.45, 2.75) is 52.0 Å². The fourth-order valence-electron chi connectivity index (χ4n) is 2.90. The molecule has 2 aliphatic carbocycles. The molecule has 17 heavy (non-hydrogen) atoms. The van der Waals surface area contributed by atoms with Gasteiger partial charge in [0.1, 0.15) is 5.82 Å². The Kier molecular flexibility index (Phi) is 3.07. The van der Waals surface area contributed by atoms with Crippen LogP contribution in [-0.4, -0.2) is 14.8 Å². The van der Waals surface area contributed by atoms with Gasteiger partial charge in [0.25, 0.3) is 0 Å². The number of rotatable bonds is 6. The van der Waals surface area contributed by atoms with E-state index in [4.69, 9.17) is 12.2 Å². The third kappa shape index (κ3) is 2.46. The van der Waals surface area contributed by atoms with Crippen LogP contribution in [0.5, 0.6) is 0 Å². The molecular formula is C13H21N3S. The Morgan fingerprint density at radius 1 is 1.35 bits per heavy atom. The number of nitrogens with zero attached hydrogens (tertiary/aromatic N) is 2. The minimum Gasteiger partial charge on any atom is -0.304 e. The summed E-state index contributed by atoms with van der Waals surface area (Å²) < 4.78 is 3.08. The molecule has 2 aliphatic rings. The van der Waals surface area contributed by atoms with Gasteiger partial charge < -0.3 is 4.57 Å². The summed E-state index contributed by atoms with van der Waals surface area (Å²) in [6.45, 7) is 3.31. The number of H-pyrrole nitrogens is 1. The number of hydrogen-bond acceptors (Lipinski definition) is 2. The van der Waals surface area contributed by atoms with Gasteiger partial charge in [0, 0.05) is 13.0 Å². The first kappa shape index (κ1) is 11.5. The van der Waals surface area contributed by atoms with Crippen LogP contribution in [0.15, 0.2) is 0 Å². The maximum absolute atomic E-state index is 5.36. The van der Waals surface area contributed by atoms with Gasteiger partial charge >= 0.3 is 0 Å². The molecule has 0 aromatic carbocycles. The van der Waals surface area contributed by atoms with E-state index in [1.165, 1.54) is 25.7 Å². The average molecular weight is 251 g/mol. The third-order valence-corrected chi connectivity index (χ3v) is 4.47. The number of nitrogens with one attached hydrogen (secondary N) is 1. The van der Waals surface area contributed by atoms with Gasteiger partial charge in [-0.25, -0.2) is 0 Å². The molecule has 1 N–H and O–H groups in total. The summed E-state index contributed by atoms with van der Waals surface area (Å²) in [5.41, 5.74) is 0. The first-order valence-corrected chi connectivity index (χ1v) is 7.34. The highest BCUT2D eigenvalue weighted by Gasteiger charge is 2.41. The lowest BCUT2D eigenvalue weighted by Crippen LogP contribution is -2.17. The number of aromatic amines is 1. The molecule has 1 heterocycles. The van der Waals surface area contributed by atoms with E-state index < -0.39 is 0 Å². The Balaban J connectivity index is 1.77. The van der Waals surface area contributed by atoms with Crippen molar-refractivity contribution in [2.75, 3.05) is 0 Å².